The molecule has 0 fully saturated rings. The number of methoxy groups -OCH3 is 1. The van der Waals surface area contributed by atoms with Crippen molar-refractivity contribution in [1.82, 2.24) is 14.5 Å². The zero-order valence-electron chi connectivity index (χ0n) is 13.7. The topological polar surface area (TPSA) is 92.8 Å². The molecule has 0 spiro atoms. The maximum absolute atomic E-state index is 12.4. The van der Waals surface area contributed by atoms with Crippen LogP contribution in [0.1, 0.15) is 16.2 Å². The highest BCUT2D eigenvalue weighted by Gasteiger charge is 2.14. The van der Waals surface area contributed by atoms with Gasteiger partial charge in [-0.3, -0.25) is 10.1 Å². The molecule has 0 saturated heterocycles. The van der Waals surface area contributed by atoms with Crippen LogP contribution in [0.5, 0.6) is 5.75 Å². The summed E-state index contributed by atoms with van der Waals surface area (Å²) in [4.78, 5) is 20.8. The second-order valence-corrected chi connectivity index (χ2v) is 5.22. The molecule has 0 radical (unpaired) electrons. The summed E-state index contributed by atoms with van der Waals surface area (Å²) >= 11 is 0. The summed E-state index contributed by atoms with van der Waals surface area (Å²) in [5.74, 6) is 0.567. The van der Waals surface area contributed by atoms with Crippen LogP contribution in [0.15, 0.2) is 48.7 Å². The van der Waals surface area contributed by atoms with Crippen molar-refractivity contribution >= 4 is 11.9 Å². The largest absolute Gasteiger partial charge is 0.497 e. The third kappa shape index (κ3) is 3.33. The minimum atomic E-state index is -0.379. The highest BCUT2D eigenvalue weighted by atomic mass is 16.5. The summed E-state index contributed by atoms with van der Waals surface area (Å²) in [5, 5.41) is 11.6. The SMILES string of the molecule is COc1ccc(-c2ccnc(NC(=O)c3ccc(C#N)n3C)n2)cc1. The first kappa shape index (κ1) is 16.2. The van der Waals surface area contributed by atoms with Crippen molar-refractivity contribution in [2.45, 2.75) is 0 Å². The van der Waals surface area contributed by atoms with E-state index in [1.807, 2.05) is 30.3 Å². The lowest BCUT2D eigenvalue weighted by atomic mass is 10.1. The third-order valence-corrected chi connectivity index (χ3v) is 3.74. The Kier molecular flexibility index (Phi) is 4.44. The van der Waals surface area contributed by atoms with Gasteiger partial charge in [0, 0.05) is 18.8 Å². The monoisotopic (exact) mass is 333 g/mol. The molecule has 25 heavy (non-hydrogen) atoms. The molecule has 0 bridgehead atoms. The second kappa shape index (κ2) is 6.84. The molecule has 2 heterocycles. The number of carbonyl (C=O) groups excluding carboxylic acids is 1. The average Bonchev–Trinajstić information content (AvgIpc) is 3.02. The molecule has 0 aliphatic carbocycles. The van der Waals surface area contributed by atoms with Gasteiger partial charge in [0.25, 0.3) is 5.91 Å². The number of nitrogens with one attached hydrogen (secondary N) is 1. The predicted octanol–water partition coefficient (Wildman–Crippen LogP) is 2.61. The second-order valence-electron chi connectivity index (χ2n) is 5.22. The van der Waals surface area contributed by atoms with Crippen LogP contribution in [0.4, 0.5) is 5.95 Å². The van der Waals surface area contributed by atoms with E-state index in [-0.39, 0.29) is 11.9 Å². The van der Waals surface area contributed by atoms with Crippen molar-refractivity contribution in [2.24, 2.45) is 7.05 Å². The van der Waals surface area contributed by atoms with Gasteiger partial charge in [0.1, 0.15) is 23.2 Å². The zero-order valence-corrected chi connectivity index (χ0v) is 13.7. The van der Waals surface area contributed by atoms with Crippen molar-refractivity contribution in [3.8, 4) is 23.1 Å². The van der Waals surface area contributed by atoms with Gasteiger partial charge in [-0.1, -0.05) is 0 Å². The lowest BCUT2D eigenvalue weighted by molar-refractivity contribution is 0.101. The number of amides is 1. The number of benzene rings is 1. The zero-order chi connectivity index (χ0) is 17.8. The van der Waals surface area contributed by atoms with Gasteiger partial charge in [-0.2, -0.15) is 5.26 Å². The van der Waals surface area contributed by atoms with Gasteiger partial charge in [0.05, 0.1) is 12.8 Å². The Hall–Kier alpha value is -3.66. The number of ether oxygens (including phenoxy) is 1. The summed E-state index contributed by atoms with van der Waals surface area (Å²) in [5.41, 5.74) is 2.31. The molecule has 0 saturated carbocycles. The van der Waals surface area contributed by atoms with Crippen molar-refractivity contribution in [1.29, 1.82) is 5.26 Å². The molecule has 0 unspecified atom stereocenters. The van der Waals surface area contributed by atoms with Crippen molar-refractivity contribution in [3.63, 3.8) is 0 Å². The minimum absolute atomic E-state index is 0.193. The molecule has 1 aromatic carbocycles. The molecule has 124 valence electrons. The lowest BCUT2D eigenvalue weighted by Gasteiger charge is -2.07. The number of aromatic nitrogens is 3. The molecule has 7 heteroatoms. The fraction of sp³-hybridized carbons (Fsp3) is 0.111. The minimum Gasteiger partial charge on any atom is -0.497 e. The lowest BCUT2D eigenvalue weighted by Crippen LogP contribution is -2.17. The van der Waals surface area contributed by atoms with E-state index < -0.39 is 0 Å². The molecule has 7 nitrogen and oxygen atoms in total. The number of hydrogen-bond acceptors (Lipinski definition) is 5. The molecule has 1 N–H and O–H groups in total. The normalized spacial score (nSPS) is 10.1. The number of nitrogens with zero attached hydrogens (tertiary/aromatic N) is 4. The number of rotatable bonds is 4. The number of carbonyl (C=O) groups is 1. The average molecular weight is 333 g/mol. The van der Waals surface area contributed by atoms with Gasteiger partial charge in [0.2, 0.25) is 5.95 Å². The van der Waals surface area contributed by atoms with Gasteiger partial charge in [-0.15, -0.1) is 0 Å². The summed E-state index contributed by atoms with van der Waals surface area (Å²) in [6.07, 6.45) is 1.58. The van der Waals surface area contributed by atoms with Crippen LogP contribution in [-0.2, 0) is 7.05 Å². The fourth-order valence-electron chi connectivity index (χ4n) is 2.36. The molecule has 0 aliphatic rings. The van der Waals surface area contributed by atoms with Crippen molar-refractivity contribution < 1.29 is 9.53 Å². The van der Waals surface area contributed by atoms with Gasteiger partial charge in [-0.05, 0) is 42.5 Å². The van der Waals surface area contributed by atoms with E-state index in [2.05, 4.69) is 15.3 Å². The van der Waals surface area contributed by atoms with Crippen LogP contribution < -0.4 is 10.1 Å². The third-order valence-electron chi connectivity index (χ3n) is 3.74. The van der Waals surface area contributed by atoms with E-state index in [1.54, 1.807) is 38.6 Å². The van der Waals surface area contributed by atoms with Crippen molar-refractivity contribution in [3.05, 3.63) is 60.0 Å². The fourth-order valence-corrected chi connectivity index (χ4v) is 2.36. The quantitative estimate of drug-likeness (QED) is 0.792. The summed E-state index contributed by atoms with van der Waals surface area (Å²) < 4.78 is 6.65. The van der Waals surface area contributed by atoms with Gasteiger partial charge in [0.15, 0.2) is 0 Å². The summed E-state index contributed by atoms with van der Waals surface area (Å²) in [6, 6.07) is 14.4. The molecular weight excluding hydrogens is 318 g/mol. The first-order valence-electron chi connectivity index (χ1n) is 7.47. The Bertz CT molecular complexity index is 954. The molecule has 0 aliphatic heterocycles. The van der Waals surface area contributed by atoms with E-state index in [0.717, 1.165) is 11.3 Å². The van der Waals surface area contributed by atoms with Gasteiger partial charge in [-0.25, -0.2) is 9.97 Å². The molecule has 3 aromatic rings. The van der Waals surface area contributed by atoms with Crippen LogP contribution in [-0.4, -0.2) is 27.6 Å². The first-order valence-corrected chi connectivity index (χ1v) is 7.47. The smallest absolute Gasteiger partial charge is 0.274 e. The highest BCUT2D eigenvalue weighted by molar-refractivity contribution is 6.02. The van der Waals surface area contributed by atoms with Crippen LogP contribution in [0.25, 0.3) is 11.3 Å². The van der Waals surface area contributed by atoms with E-state index in [9.17, 15) is 4.79 Å². The van der Waals surface area contributed by atoms with E-state index in [0.29, 0.717) is 17.1 Å². The highest BCUT2D eigenvalue weighted by Crippen LogP contribution is 2.21. The van der Waals surface area contributed by atoms with Gasteiger partial charge >= 0.3 is 0 Å². The number of anilines is 1. The Balaban J connectivity index is 1.82. The molecule has 1 amide bonds. The maximum atomic E-state index is 12.4. The summed E-state index contributed by atoms with van der Waals surface area (Å²) in [7, 11) is 3.26. The maximum Gasteiger partial charge on any atom is 0.274 e. The first-order chi connectivity index (χ1) is 12.1. The van der Waals surface area contributed by atoms with E-state index >= 15 is 0 Å². The van der Waals surface area contributed by atoms with Crippen LogP contribution in [0.3, 0.4) is 0 Å². The van der Waals surface area contributed by atoms with Crippen LogP contribution in [0, 0.1) is 11.3 Å². The number of nitriles is 1. The standard InChI is InChI=1S/C18H15N5O2/c1-23-13(11-19)5-8-16(23)17(24)22-18-20-10-9-15(21-18)12-3-6-14(25-2)7-4-12/h3-10H,1-2H3,(H,20,21,22,24). The summed E-state index contributed by atoms with van der Waals surface area (Å²) in [6.45, 7) is 0. The number of hydrogen-bond donors (Lipinski definition) is 1. The Morgan fingerprint density at radius 1 is 1.20 bits per heavy atom. The van der Waals surface area contributed by atoms with Gasteiger partial charge < -0.3 is 9.30 Å². The molecular formula is C18H15N5O2. The Morgan fingerprint density at radius 3 is 2.60 bits per heavy atom. The van der Waals surface area contributed by atoms with E-state index in [1.165, 1.54) is 4.57 Å². The van der Waals surface area contributed by atoms with Crippen LogP contribution in [0.2, 0.25) is 0 Å². The Morgan fingerprint density at radius 2 is 1.96 bits per heavy atom. The molecule has 0 atom stereocenters. The molecule has 3 rings (SSSR count). The molecule has 2 aromatic heterocycles. The van der Waals surface area contributed by atoms with E-state index in [4.69, 9.17) is 10.00 Å². The van der Waals surface area contributed by atoms with Crippen LogP contribution >= 0.6 is 0 Å². The predicted molar refractivity (Wildman–Crippen MR) is 92.1 cm³/mol. The van der Waals surface area contributed by atoms with Crippen molar-refractivity contribution in [2.75, 3.05) is 12.4 Å². The Labute approximate surface area is 144 Å².